The predicted molar refractivity (Wildman–Crippen MR) is 55.0 cm³/mol. The topological polar surface area (TPSA) is 40.5 Å². The monoisotopic (exact) mass is 231 g/mol. The van der Waals surface area contributed by atoms with Crippen LogP contribution in [0.3, 0.4) is 0 Å². The van der Waals surface area contributed by atoms with Gasteiger partial charge in [0.05, 0.1) is 5.02 Å². The first kappa shape index (κ1) is 11.9. The van der Waals surface area contributed by atoms with Crippen LogP contribution in [0.15, 0.2) is 18.2 Å². The quantitative estimate of drug-likeness (QED) is 0.855. The van der Waals surface area contributed by atoms with Crippen molar-refractivity contribution in [2.45, 2.75) is 6.54 Å². The lowest BCUT2D eigenvalue weighted by molar-refractivity contribution is -0.133. The average Bonchev–Trinajstić information content (AvgIpc) is 2.22. The molecule has 0 bridgehead atoms. The SMILES string of the molecule is CN(Cc1ccc(F)c(Cl)c1)C(=O)CO. The van der Waals surface area contributed by atoms with Crippen LogP contribution < -0.4 is 0 Å². The third-order valence-electron chi connectivity index (χ3n) is 1.96. The smallest absolute Gasteiger partial charge is 0.248 e. The summed E-state index contributed by atoms with van der Waals surface area (Å²) >= 11 is 5.58. The molecule has 5 heteroatoms. The van der Waals surface area contributed by atoms with Crippen molar-refractivity contribution in [3.8, 4) is 0 Å². The van der Waals surface area contributed by atoms with Crippen LogP contribution in [0.5, 0.6) is 0 Å². The van der Waals surface area contributed by atoms with Gasteiger partial charge in [-0.15, -0.1) is 0 Å². The number of benzene rings is 1. The number of carbonyl (C=O) groups excluding carboxylic acids is 1. The number of amides is 1. The van der Waals surface area contributed by atoms with E-state index in [0.717, 1.165) is 0 Å². The van der Waals surface area contributed by atoms with Gasteiger partial charge in [-0.3, -0.25) is 4.79 Å². The summed E-state index contributed by atoms with van der Waals surface area (Å²) in [5.41, 5.74) is 0.714. The molecule has 0 fully saturated rings. The molecule has 1 aromatic carbocycles. The summed E-state index contributed by atoms with van der Waals surface area (Å²) in [6.07, 6.45) is 0. The highest BCUT2D eigenvalue weighted by atomic mass is 35.5. The van der Waals surface area contributed by atoms with Gasteiger partial charge < -0.3 is 10.0 Å². The van der Waals surface area contributed by atoms with Crippen LogP contribution >= 0.6 is 11.6 Å². The Kier molecular flexibility index (Phi) is 4.05. The summed E-state index contributed by atoms with van der Waals surface area (Å²) in [5, 5.41) is 8.63. The number of rotatable bonds is 3. The molecule has 82 valence electrons. The zero-order chi connectivity index (χ0) is 11.4. The first-order chi connectivity index (χ1) is 7.04. The molecule has 1 amide bonds. The number of likely N-dealkylation sites (N-methyl/N-ethyl adjacent to an activating group) is 1. The van der Waals surface area contributed by atoms with E-state index in [1.807, 2.05) is 0 Å². The van der Waals surface area contributed by atoms with Gasteiger partial charge in [0.2, 0.25) is 5.91 Å². The van der Waals surface area contributed by atoms with Crippen molar-refractivity contribution in [3.05, 3.63) is 34.6 Å². The van der Waals surface area contributed by atoms with Crippen molar-refractivity contribution in [2.75, 3.05) is 13.7 Å². The molecule has 0 saturated carbocycles. The van der Waals surface area contributed by atoms with Crippen LogP contribution in [0.25, 0.3) is 0 Å². The van der Waals surface area contributed by atoms with Crippen LogP contribution in [0, 0.1) is 5.82 Å². The van der Waals surface area contributed by atoms with E-state index in [9.17, 15) is 9.18 Å². The Bertz CT molecular complexity index is 370. The molecule has 0 heterocycles. The van der Waals surface area contributed by atoms with E-state index in [0.29, 0.717) is 12.1 Å². The third kappa shape index (κ3) is 3.18. The Hall–Kier alpha value is -1.13. The highest BCUT2D eigenvalue weighted by Gasteiger charge is 2.08. The number of hydrogen-bond donors (Lipinski definition) is 1. The zero-order valence-electron chi connectivity index (χ0n) is 8.20. The van der Waals surface area contributed by atoms with Gasteiger partial charge in [-0.1, -0.05) is 17.7 Å². The second-order valence-electron chi connectivity index (χ2n) is 3.16. The van der Waals surface area contributed by atoms with Gasteiger partial charge in [0, 0.05) is 13.6 Å². The number of hydrogen-bond acceptors (Lipinski definition) is 2. The summed E-state index contributed by atoms with van der Waals surface area (Å²) in [6.45, 7) is -0.245. The van der Waals surface area contributed by atoms with Gasteiger partial charge in [-0.25, -0.2) is 4.39 Å². The largest absolute Gasteiger partial charge is 0.387 e. The minimum absolute atomic E-state index is 0.0253. The van der Waals surface area contributed by atoms with Crippen LogP contribution in [0.2, 0.25) is 5.02 Å². The fourth-order valence-electron chi connectivity index (χ4n) is 1.12. The summed E-state index contributed by atoms with van der Waals surface area (Å²) in [5.74, 6) is -0.882. The molecule has 0 aliphatic heterocycles. The first-order valence-corrected chi connectivity index (χ1v) is 4.71. The van der Waals surface area contributed by atoms with Crippen molar-refractivity contribution < 1.29 is 14.3 Å². The minimum Gasteiger partial charge on any atom is -0.387 e. The van der Waals surface area contributed by atoms with E-state index in [-0.39, 0.29) is 5.02 Å². The lowest BCUT2D eigenvalue weighted by Crippen LogP contribution is -2.28. The molecular weight excluding hydrogens is 221 g/mol. The molecule has 1 rings (SSSR count). The molecule has 0 aliphatic carbocycles. The standard InChI is InChI=1S/C10H11ClFNO2/c1-13(10(15)6-14)5-7-2-3-9(12)8(11)4-7/h2-4,14H,5-6H2,1H3. The molecule has 0 saturated heterocycles. The maximum atomic E-state index is 12.8. The molecule has 0 atom stereocenters. The van der Waals surface area contributed by atoms with Crippen molar-refractivity contribution in [1.29, 1.82) is 0 Å². The third-order valence-corrected chi connectivity index (χ3v) is 2.25. The maximum Gasteiger partial charge on any atom is 0.248 e. The summed E-state index contributed by atoms with van der Waals surface area (Å²) < 4.78 is 12.8. The highest BCUT2D eigenvalue weighted by molar-refractivity contribution is 6.30. The zero-order valence-corrected chi connectivity index (χ0v) is 8.96. The van der Waals surface area contributed by atoms with E-state index in [2.05, 4.69) is 0 Å². The normalized spacial score (nSPS) is 10.1. The van der Waals surface area contributed by atoms with Crippen molar-refractivity contribution in [2.24, 2.45) is 0 Å². The fraction of sp³-hybridized carbons (Fsp3) is 0.300. The number of aliphatic hydroxyl groups is 1. The molecule has 1 N–H and O–H groups in total. The predicted octanol–water partition coefficient (Wildman–Crippen LogP) is 1.43. The summed E-state index contributed by atoms with van der Waals surface area (Å²) in [4.78, 5) is 12.4. The van der Waals surface area contributed by atoms with Crippen molar-refractivity contribution in [3.63, 3.8) is 0 Å². The van der Waals surface area contributed by atoms with E-state index < -0.39 is 18.3 Å². The van der Waals surface area contributed by atoms with Crippen molar-refractivity contribution >= 4 is 17.5 Å². The van der Waals surface area contributed by atoms with Crippen LogP contribution in [-0.4, -0.2) is 29.6 Å². The Morgan fingerprint density at radius 1 is 1.60 bits per heavy atom. The molecule has 15 heavy (non-hydrogen) atoms. The molecule has 1 aromatic rings. The lowest BCUT2D eigenvalue weighted by atomic mass is 10.2. The van der Waals surface area contributed by atoms with Gasteiger partial charge >= 0.3 is 0 Å². The van der Waals surface area contributed by atoms with Gasteiger partial charge in [0.25, 0.3) is 0 Å². The van der Waals surface area contributed by atoms with E-state index in [4.69, 9.17) is 16.7 Å². The van der Waals surface area contributed by atoms with Crippen LogP contribution in [-0.2, 0) is 11.3 Å². The summed E-state index contributed by atoms with van der Waals surface area (Å²) in [7, 11) is 1.55. The van der Waals surface area contributed by atoms with Crippen molar-refractivity contribution in [1.82, 2.24) is 4.90 Å². The number of aliphatic hydroxyl groups excluding tert-OH is 1. The Morgan fingerprint density at radius 3 is 2.80 bits per heavy atom. The van der Waals surface area contributed by atoms with E-state index in [1.54, 1.807) is 13.1 Å². The van der Waals surface area contributed by atoms with Gasteiger partial charge in [-0.2, -0.15) is 0 Å². The molecule has 3 nitrogen and oxygen atoms in total. The number of carbonyl (C=O) groups is 1. The molecule has 0 aromatic heterocycles. The van der Waals surface area contributed by atoms with Gasteiger partial charge in [-0.05, 0) is 17.7 Å². The van der Waals surface area contributed by atoms with Gasteiger partial charge in [0.15, 0.2) is 0 Å². The average molecular weight is 232 g/mol. The van der Waals surface area contributed by atoms with Gasteiger partial charge in [0.1, 0.15) is 12.4 Å². The second kappa shape index (κ2) is 5.09. The molecular formula is C10H11ClFNO2. The maximum absolute atomic E-state index is 12.8. The molecule has 0 radical (unpaired) electrons. The minimum atomic E-state index is -0.536. The second-order valence-corrected chi connectivity index (χ2v) is 3.56. The Balaban J connectivity index is 2.73. The Morgan fingerprint density at radius 2 is 2.27 bits per heavy atom. The van der Waals surface area contributed by atoms with Crippen LogP contribution in [0.4, 0.5) is 4.39 Å². The lowest BCUT2D eigenvalue weighted by Gasteiger charge is -2.15. The van der Waals surface area contributed by atoms with E-state index in [1.165, 1.54) is 17.0 Å². The number of nitrogens with zero attached hydrogens (tertiary/aromatic N) is 1. The van der Waals surface area contributed by atoms with E-state index >= 15 is 0 Å². The fourth-order valence-corrected chi connectivity index (χ4v) is 1.32. The first-order valence-electron chi connectivity index (χ1n) is 4.33. The summed E-state index contributed by atoms with van der Waals surface area (Å²) in [6, 6.07) is 4.25. The van der Waals surface area contributed by atoms with Crippen LogP contribution in [0.1, 0.15) is 5.56 Å². The molecule has 0 unspecified atom stereocenters. The highest BCUT2D eigenvalue weighted by Crippen LogP contribution is 2.16. The Labute approximate surface area is 92.1 Å². The number of halogens is 2. The molecule has 0 spiro atoms. The molecule has 0 aliphatic rings.